The van der Waals surface area contributed by atoms with Crippen LogP contribution >= 0.6 is 0 Å². The van der Waals surface area contributed by atoms with Crippen LogP contribution in [0.4, 0.5) is 0 Å². The van der Waals surface area contributed by atoms with Crippen molar-refractivity contribution in [1.29, 1.82) is 0 Å². The van der Waals surface area contributed by atoms with Crippen LogP contribution in [0.15, 0.2) is 18.2 Å². The van der Waals surface area contributed by atoms with Crippen LogP contribution < -0.4 is 4.74 Å². The van der Waals surface area contributed by atoms with Gasteiger partial charge in [-0.25, -0.2) is 9.48 Å². The van der Waals surface area contributed by atoms with Crippen molar-refractivity contribution >= 4 is 5.97 Å². The van der Waals surface area contributed by atoms with Gasteiger partial charge in [-0.3, -0.25) is 0 Å². The van der Waals surface area contributed by atoms with E-state index < -0.39 is 5.97 Å². The normalized spacial score (nSPS) is 13.3. The van der Waals surface area contributed by atoms with Gasteiger partial charge in [-0.05, 0) is 49.4 Å². The van der Waals surface area contributed by atoms with Crippen molar-refractivity contribution in [2.75, 3.05) is 0 Å². The standard InChI is InChI=1S/C15H16N2O3/c1-9-13(15(18)19)14(17(2)16-9)20-12-7-6-10-4-3-5-11(10)8-12/h6-8H,3-5H2,1-2H3,(H,18,19). The average molecular weight is 272 g/mol. The molecule has 1 N–H and O–H groups in total. The molecule has 2 aromatic rings. The van der Waals surface area contributed by atoms with E-state index in [9.17, 15) is 9.90 Å². The number of hydrogen-bond donors (Lipinski definition) is 1. The summed E-state index contributed by atoms with van der Waals surface area (Å²) in [6, 6.07) is 5.94. The molecule has 0 bridgehead atoms. The molecule has 0 radical (unpaired) electrons. The first kappa shape index (κ1) is 12.7. The monoisotopic (exact) mass is 272 g/mol. The average Bonchev–Trinajstić information content (AvgIpc) is 2.94. The van der Waals surface area contributed by atoms with E-state index in [1.54, 1.807) is 14.0 Å². The number of hydrogen-bond acceptors (Lipinski definition) is 3. The molecule has 0 saturated carbocycles. The summed E-state index contributed by atoms with van der Waals surface area (Å²) >= 11 is 0. The van der Waals surface area contributed by atoms with E-state index in [2.05, 4.69) is 11.2 Å². The predicted molar refractivity (Wildman–Crippen MR) is 73.4 cm³/mol. The molecular weight excluding hydrogens is 256 g/mol. The number of aromatic nitrogens is 2. The Bertz CT molecular complexity index is 689. The van der Waals surface area contributed by atoms with E-state index in [1.165, 1.54) is 22.2 Å². The summed E-state index contributed by atoms with van der Waals surface area (Å²) in [7, 11) is 1.68. The fraction of sp³-hybridized carbons (Fsp3) is 0.333. The summed E-state index contributed by atoms with van der Waals surface area (Å²) < 4.78 is 7.23. The second-order valence-corrected chi connectivity index (χ2v) is 5.08. The zero-order chi connectivity index (χ0) is 14.3. The lowest BCUT2D eigenvalue weighted by molar-refractivity contribution is 0.0693. The Morgan fingerprint density at radius 2 is 2.10 bits per heavy atom. The quantitative estimate of drug-likeness (QED) is 0.933. The number of aryl methyl sites for hydroxylation is 4. The molecule has 104 valence electrons. The Labute approximate surface area is 116 Å². The summed E-state index contributed by atoms with van der Waals surface area (Å²) in [6.45, 7) is 1.67. The number of rotatable bonds is 3. The molecule has 1 heterocycles. The Morgan fingerprint density at radius 1 is 1.35 bits per heavy atom. The van der Waals surface area contributed by atoms with Gasteiger partial charge in [0.05, 0.1) is 5.69 Å². The van der Waals surface area contributed by atoms with Crippen molar-refractivity contribution in [3.8, 4) is 11.6 Å². The molecule has 1 aromatic heterocycles. The number of fused-ring (bicyclic) bond motifs is 1. The van der Waals surface area contributed by atoms with Crippen LogP contribution in [0.5, 0.6) is 11.6 Å². The van der Waals surface area contributed by atoms with E-state index >= 15 is 0 Å². The van der Waals surface area contributed by atoms with Crippen LogP contribution in [0.1, 0.15) is 33.6 Å². The summed E-state index contributed by atoms with van der Waals surface area (Å²) in [5, 5.41) is 13.4. The molecule has 0 fully saturated rings. The lowest BCUT2D eigenvalue weighted by Gasteiger charge is -2.08. The van der Waals surface area contributed by atoms with Crippen LogP contribution in [0.25, 0.3) is 0 Å². The lowest BCUT2D eigenvalue weighted by atomic mass is 10.1. The largest absolute Gasteiger partial charge is 0.477 e. The van der Waals surface area contributed by atoms with Gasteiger partial charge in [-0.15, -0.1) is 0 Å². The molecule has 1 aromatic carbocycles. The first-order chi connectivity index (χ1) is 9.56. The van der Waals surface area contributed by atoms with E-state index in [-0.39, 0.29) is 11.4 Å². The third-order valence-corrected chi connectivity index (χ3v) is 3.67. The number of nitrogens with zero attached hydrogens (tertiary/aromatic N) is 2. The summed E-state index contributed by atoms with van der Waals surface area (Å²) in [6.07, 6.45) is 3.34. The van der Waals surface area contributed by atoms with Gasteiger partial charge < -0.3 is 9.84 Å². The molecule has 3 rings (SSSR count). The Kier molecular flexibility index (Phi) is 2.97. The highest BCUT2D eigenvalue weighted by molar-refractivity contribution is 5.91. The molecule has 20 heavy (non-hydrogen) atoms. The highest BCUT2D eigenvalue weighted by Gasteiger charge is 2.22. The van der Waals surface area contributed by atoms with Crippen LogP contribution in [-0.4, -0.2) is 20.9 Å². The lowest BCUT2D eigenvalue weighted by Crippen LogP contribution is -2.02. The summed E-state index contributed by atoms with van der Waals surface area (Å²) in [5.74, 6) is -0.0872. The van der Waals surface area contributed by atoms with Crippen molar-refractivity contribution in [2.24, 2.45) is 7.05 Å². The number of benzene rings is 1. The molecule has 0 spiro atoms. The number of carbonyl (C=O) groups is 1. The highest BCUT2D eigenvalue weighted by atomic mass is 16.5. The minimum Gasteiger partial charge on any atom is -0.477 e. The number of ether oxygens (including phenoxy) is 1. The first-order valence-electron chi connectivity index (χ1n) is 6.63. The van der Waals surface area contributed by atoms with Crippen molar-refractivity contribution in [3.63, 3.8) is 0 Å². The van der Waals surface area contributed by atoms with E-state index in [0.29, 0.717) is 11.4 Å². The second kappa shape index (κ2) is 4.67. The molecule has 0 amide bonds. The molecule has 0 saturated heterocycles. The molecule has 0 aliphatic heterocycles. The zero-order valence-electron chi connectivity index (χ0n) is 11.5. The maximum Gasteiger partial charge on any atom is 0.343 e. The fourth-order valence-corrected chi connectivity index (χ4v) is 2.72. The maximum absolute atomic E-state index is 11.3. The predicted octanol–water partition coefficient (Wildman–Crippen LogP) is 2.71. The van der Waals surface area contributed by atoms with E-state index in [4.69, 9.17) is 4.74 Å². The van der Waals surface area contributed by atoms with Gasteiger partial charge in [0.2, 0.25) is 5.88 Å². The van der Waals surface area contributed by atoms with Crippen LogP contribution in [0.3, 0.4) is 0 Å². The van der Waals surface area contributed by atoms with Gasteiger partial charge in [0.1, 0.15) is 11.3 Å². The van der Waals surface area contributed by atoms with Crippen LogP contribution in [0.2, 0.25) is 0 Å². The van der Waals surface area contributed by atoms with Gasteiger partial charge >= 0.3 is 5.97 Å². The third-order valence-electron chi connectivity index (χ3n) is 3.67. The highest BCUT2D eigenvalue weighted by Crippen LogP contribution is 2.31. The Balaban J connectivity index is 1.97. The Hall–Kier alpha value is -2.30. The van der Waals surface area contributed by atoms with Crippen LogP contribution in [0, 0.1) is 6.92 Å². The Morgan fingerprint density at radius 3 is 2.85 bits per heavy atom. The molecule has 5 heteroatoms. The van der Waals surface area contributed by atoms with Gasteiger partial charge in [-0.1, -0.05) is 6.07 Å². The SMILES string of the molecule is Cc1nn(C)c(Oc2ccc3c(c2)CCC3)c1C(=O)O. The fourth-order valence-electron chi connectivity index (χ4n) is 2.72. The molecule has 0 unspecified atom stereocenters. The smallest absolute Gasteiger partial charge is 0.343 e. The molecule has 1 aliphatic rings. The van der Waals surface area contributed by atoms with Gasteiger partial charge in [-0.2, -0.15) is 5.10 Å². The van der Waals surface area contributed by atoms with Gasteiger partial charge in [0.15, 0.2) is 0 Å². The van der Waals surface area contributed by atoms with E-state index in [1.807, 2.05) is 12.1 Å². The topological polar surface area (TPSA) is 64.4 Å². The van der Waals surface area contributed by atoms with Crippen LogP contribution in [-0.2, 0) is 19.9 Å². The second-order valence-electron chi connectivity index (χ2n) is 5.08. The van der Waals surface area contributed by atoms with Gasteiger partial charge in [0.25, 0.3) is 0 Å². The molecule has 1 aliphatic carbocycles. The first-order valence-corrected chi connectivity index (χ1v) is 6.63. The van der Waals surface area contributed by atoms with E-state index in [0.717, 1.165) is 12.8 Å². The minimum absolute atomic E-state index is 0.119. The summed E-state index contributed by atoms with van der Waals surface area (Å²) in [4.78, 5) is 11.3. The molecular formula is C15H16N2O3. The molecule has 0 atom stereocenters. The van der Waals surface area contributed by atoms with Crippen molar-refractivity contribution in [3.05, 3.63) is 40.6 Å². The maximum atomic E-state index is 11.3. The van der Waals surface area contributed by atoms with Crippen molar-refractivity contribution in [2.45, 2.75) is 26.2 Å². The van der Waals surface area contributed by atoms with Gasteiger partial charge in [0, 0.05) is 7.05 Å². The molecule has 5 nitrogen and oxygen atoms in total. The summed E-state index contributed by atoms with van der Waals surface area (Å²) in [5.41, 5.74) is 3.22. The number of aromatic carboxylic acids is 1. The van der Waals surface area contributed by atoms with Crippen molar-refractivity contribution in [1.82, 2.24) is 9.78 Å². The minimum atomic E-state index is -1.02. The number of carboxylic acids is 1. The zero-order valence-corrected chi connectivity index (χ0v) is 11.5. The van der Waals surface area contributed by atoms with Crippen molar-refractivity contribution < 1.29 is 14.6 Å². The third kappa shape index (κ3) is 2.05. The number of carboxylic acid groups (broad SMARTS) is 1.